The number of amides is 1. The predicted molar refractivity (Wildman–Crippen MR) is 119 cm³/mol. The quantitative estimate of drug-likeness (QED) is 0.484. The van der Waals surface area contributed by atoms with Gasteiger partial charge < -0.3 is 19.5 Å². The molecular formula is C24H23N3O4. The van der Waals surface area contributed by atoms with Gasteiger partial charge in [-0.05, 0) is 28.5 Å². The Morgan fingerprint density at radius 2 is 1.71 bits per heavy atom. The maximum Gasteiger partial charge on any atom is 0.259 e. The van der Waals surface area contributed by atoms with Crippen molar-refractivity contribution in [1.82, 2.24) is 9.78 Å². The molecule has 4 rings (SSSR count). The number of hydrogen-bond donors (Lipinski definition) is 1. The van der Waals surface area contributed by atoms with E-state index in [4.69, 9.17) is 14.2 Å². The fraction of sp³-hybridized carbons (Fsp3) is 0.167. The lowest BCUT2D eigenvalue weighted by molar-refractivity contribution is 0.102. The second-order valence-corrected chi connectivity index (χ2v) is 6.90. The normalized spacial score (nSPS) is 10.7. The SMILES string of the molecule is COc1ccc(C(=O)Nc2cnn(Cc3cccc4ccccc34)c2)c(OC)c1OC. The summed E-state index contributed by atoms with van der Waals surface area (Å²) in [7, 11) is 4.51. The van der Waals surface area contributed by atoms with Crippen LogP contribution in [0.25, 0.3) is 10.8 Å². The van der Waals surface area contributed by atoms with E-state index in [2.05, 4.69) is 34.7 Å². The van der Waals surface area contributed by atoms with Crippen molar-refractivity contribution < 1.29 is 19.0 Å². The van der Waals surface area contributed by atoms with Crippen molar-refractivity contribution >= 4 is 22.4 Å². The van der Waals surface area contributed by atoms with Crippen molar-refractivity contribution in [3.8, 4) is 17.2 Å². The van der Waals surface area contributed by atoms with Crippen LogP contribution in [0.5, 0.6) is 17.2 Å². The summed E-state index contributed by atoms with van der Waals surface area (Å²) in [5.41, 5.74) is 2.07. The summed E-state index contributed by atoms with van der Waals surface area (Å²) in [6.07, 6.45) is 3.42. The van der Waals surface area contributed by atoms with Gasteiger partial charge in [-0.3, -0.25) is 9.48 Å². The van der Waals surface area contributed by atoms with Gasteiger partial charge in [-0.1, -0.05) is 42.5 Å². The molecule has 1 amide bonds. The van der Waals surface area contributed by atoms with Crippen LogP contribution in [-0.4, -0.2) is 37.0 Å². The second-order valence-electron chi connectivity index (χ2n) is 6.90. The molecule has 0 atom stereocenters. The van der Waals surface area contributed by atoms with Crippen molar-refractivity contribution in [3.63, 3.8) is 0 Å². The van der Waals surface area contributed by atoms with Crippen molar-refractivity contribution in [2.75, 3.05) is 26.6 Å². The molecular weight excluding hydrogens is 394 g/mol. The van der Waals surface area contributed by atoms with Gasteiger partial charge in [0.15, 0.2) is 11.5 Å². The molecule has 0 unspecified atom stereocenters. The lowest BCUT2D eigenvalue weighted by atomic mass is 10.0. The van der Waals surface area contributed by atoms with E-state index in [0.29, 0.717) is 35.0 Å². The average Bonchev–Trinajstić information content (AvgIpc) is 3.24. The third-order valence-electron chi connectivity index (χ3n) is 5.05. The maximum absolute atomic E-state index is 12.9. The largest absolute Gasteiger partial charge is 0.493 e. The van der Waals surface area contributed by atoms with Crippen LogP contribution in [0.2, 0.25) is 0 Å². The molecule has 1 aromatic heterocycles. The molecule has 7 nitrogen and oxygen atoms in total. The highest BCUT2D eigenvalue weighted by Gasteiger charge is 2.21. The molecule has 0 saturated carbocycles. The Bertz CT molecular complexity index is 1230. The topological polar surface area (TPSA) is 74.6 Å². The van der Waals surface area contributed by atoms with Crippen LogP contribution < -0.4 is 19.5 Å². The summed E-state index contributed by atoms with van der Waals surface area (Å²) in [6, 6.07) is 17.7. The molecule has 0 aliphatic rings. The van der Waals surface area contributed by atoms with Gasteiger partial charge in [0.2, 0.25) is 5.75 Å². The van der Waals surface area contributed by atoms with E-state index in [1.165, 1.54) is 32.1 Å². The molecule has 0 aliphatic carbocycles. The number of aromatic nitrogens is 2. The Morgan fingerprint density at radius 3 is 2.48 bits per heavy atom. The Hall–Kier alpha value is -4.00. The summed E-state index contributed by atoms with van der Waals surface area (Å²) < 4.78 is 17.8. The van der Waals surface area contributed by atoms with Crippen molar-refractivity contribution in [3.05, 3.63) is 78.1 Å². The van der Waals surface area contributed by atoms with Crippen LogP contribution >= 0.6 is 0 Å². The third kappa shape index (κ3) is 4.02. The molecule has 0 bridgehead atoms. The fourth-order valence-corrected chi connectivity index (χ4v) is 3.60. The Morgan fingerprint density at radius 1 is 0.935 bits per heavy atom. The second kappa shape index (κ2) is 8.79. The van der Waals surface area contributed by atoms with Crippen LogP contribution in [0.1, 0.15) is 15.9 Å². The van der Waals surface area contributed by atoms with Crippen LogP contribution in [0, 0.1) is 0 Å². The predicted octanol–water partition coefficient (Wildman–Crippen LogP) is 4.36. The van der Waals surface area contributed by atoms with Crippen LogP contribution in [-0.2, 0) is 6.54 Å². The first-order chi connectivity index (χ1) is 15.1. The minimum atomic E-state index is -0.331. The zero-order valence-corrected chi connectivity index (χ0v) is 17.6. The maximum atomic E-state index is 12.9. The zero-order valence-electron chi connectivity index (χ0n) is 17.6. The Balaban J connectivity index is 1.55. The number of methoxy groups -OCH3 is 3. The molecule has 0 spiro atoms. The number of carbonyl (C=O) groups excluding carboxylic acids is 1. The summed E-state index contributed by atoms with van der Waals surface area (Å²) >= 11 is 0. The summed E-state index contributed by atoms with van der Waals surface area (Å²) in [4.78, 5) is 12.9. The number of ether oxygens (including phenoxy) is 3. The van der Waals surface area contributed by atoms with Gasteiger partial charge in [-0.15, -0.1) is 0 Å². The highest BCUT2D eigenvalue weighted by molar-refractivity contribution is 6.07. The van der Waals surface area contributed by atoms with E-state index >= 15 is 0 Å². The molecule has 0 fully saturated rings. The van der Waals surface area contributed by atoms with Gasteiger partial charge in [0.25, 0.3) is 5.91 Å². The van der Waals surface area contributed by atoms with Gasteiger partial charge in [-0.2, -0.15) is 5.10 Å². The first-order valence-corrected chi connectivity index (χ1v) is 9.74. The minimum Gasteiger partial charge on any atom is -0.493 e. The molecule has 7 heteroatoms. The van der Waals surface area contributed by atoms with Gasteiger partial charge in [0.05, 0.1) is 45.3 Å². The van der Waals surface area contributed by atoms with Crippen LogP contribution in [0.3, 0.4) is 0 Å². The zero-order chi connectivity index (χ0) is 21.8. The number of nitrogens with one attached hydrogen (secondary N) is 1. The van der Waals surface area contributed by atoms with Crippen LogP contribution in [0.4, 0.5) is 5.69 Å². The van der Waals surface area contributed by atoms with E-state index < -0.39 is 0 Å². The smallest absolute Gasteiger partial charge is 0.259 e. The molecule has 3 aromatic carbocycles. The number of fused-ring (bicyclic) bond motifs is 1. The van der Waals surface area contributed by atoms with E-state index in [9.17, 15) is 4.79 Å². The van der Waals surface area contributed by atoms with E-state index in [0.717, 1.165) is 5.56 Å². The van der Waals surface area contributed by atoms with Gasteiger partial charge >= 0.3 is 0 Å². The molecule has 4 aromatic rings. The molecule has 1 N–H and O–H groups in total. The fourth-order valence-electron chi connectivity index (χ4n) is 3.60. The van der Waals surface area contributed by atoms with E-state index in [-0.39, 0.29) is 5.91 Å². The molecule has 31 heavy (non-hydrogen) atoms. The lowest BCUT2D eigenvalue weighted by Gasteiger charge is -2.15. The number of rotatable bonds is 7. The Kier molecular flexibility index (Phi) is 5.75. The highest BCUT2D eigenvalue weighted by Crippen LogP contribution is 2.39. The number of benzene rings is 3. The number of hydrogen-bond acceptors (Lipinski definition) is 5. The standard InChI is InChI=1S/C24H23N3O4/c1-29-21-12-11-20(22(30-2)23(21)31-3)24(28)26-18-13-25-27(15-18)14-17-9-6-8-16-7-4-5-10-19(16)17/h4-13,15H,14H2,1-3H3,(H,26,28). The summed E-state index contributed by atoms with van der Waals surface area (Å²) in [5.74, 6) is 0.827. The monoisotopic (exact) mass is 417 g/mol. The van der Waals surface area contributed by atoms with E-state index in [1.54, 1.807) is 29.2 Å². The number of carbonyl (C=O) groups is 1. The van der Waals surface area contributed by atoms with Crippen molar-refractivity contribution in [2.45, 2.75) is 6.54 Å². The average molecular weight is 417 g/mol. The highest BCUT2D eigenvalue weighted by atomic mass is 16.5. The third-order valence-corrected chi connectivity index (χ3v) is 5.05. The first-order valence-electron chi connectivity index (χ1n) is 9.74. The number of nitrogens with zero attached hydrogens (tertiary/aromatic N) is 2. The molecule has 1 heterocycles. The van der Waals surface area contributed by atoms with Gasteiger partial charge in [0, 0.05) is 6.20 Å². The summed E-state index contributed by atoms with van der Waals surface area (Å²) in [5, 5.41) is 9.62. The number of anilines is 1. The van der Waals surface area contributed by atoms with Crippen molar-refractivity contribution in [1.29, 1.82) is 0 Å². The van der Waals surface area contributed by atoms with E-state index in [1.807, 2.05) is 18.2 Å². The Labute approximate surface area is 180 Å². The van der Waals surface area contributed by atoms with Crippen molar-refractivity contribution in [2.24, 2.45) is 0 Å². The van der Waals surface area contributed by atoms with Gasteiger partial charge in [0.1, 0.15) is 0 Å². The lowest BCUT2D eigenvalue weighted by Crippen LogP contribution is -2.13. The minimum absolute atomic E-state index is 0.308. The summed E-state index contributed by atoms with van der Waals surface area (Å²) in [6.45, 7) is 0.594. The first kappa shape index (κ1) is 20.3. The molecule has 0 radical (unpaired) electrons. The molecule has 0 saturated heterocycles. The van der Waals surface area contributed by atoms with Crippen LogP contribution in [0.15, 0.2) is 67.0 Å². The molecule has 158 valence electrons. The molecule has 0 aliphatic heterocycles. The van der Waals surface area contributed by atoms with Gasteiger partial charge in [-0.25, -0.2) is 0 Å².